The van der Waals surface area contributed by atoms with E-state index in [0.29, 0.717) is 25.3 Å². The highest BCUT2D eigenvalue weighted by atomic mass is 16.6. The average molecular weight is 532 g/mol. The van der Waals surface area contributed by atoms with Crippen LogP contribution in [0, 0.1) is 0 Å². The zero-order valence-electron chi connectivity index (χ0n) is 23.2. The molecule has 1 aromatic heterocycles. The number of piperazine rings is 1. The number of carbonyl (C=O) groups excluding carboxylic acids is 2. The topological polar surface area (TPSA) is 81.2 Å². The van der Waals surface area contributed by atoms with Gasteiger partial charge in [0.25, 0.3) is 0 Å². The largest absolute Gasteiger partial charge is 0.494 e. The van der Waals surface area contributed by atoms with Crippen molar-refractivity contribution in [2.75, 3.05) is 46.4 Å². The smallest absolute Gasteiger partial charge is 0.410 e. The van der Waals surface area contributed by atoms with Crippen LogP contribution in [0.3, 0.4) is 0 Å². The Hall–Kier alpha value is -3.91. The molecule has 8 heteroatoms. The van der Waals surface area contributed by atoms with Gasteiger partial charge in [0, 0.05) is 44.3 Å². The van der Waals surface area contributed by atoms with Crippen LogP contribution in [-0.2, 0) is 9.47 Å². The number of nitrogens with zero attached hydrogens (tertiary/aromatic N) is 3. The maximum absolute atomic E-state index is 12.2. The summed E-state index contributed by atoms with van der Waals surface area (Å²) in [4.78, 5) is 32.8. The van der Waals surface area contributed by atoms with Gasteiger partial charge in [0.1, 0.15) is 11.4 Å². The third-order valence-corrected chi connectivity index (χ3v) is 6.43. The molecule has 0 saturated carbocycles. The number of rotatable bonds is 8. The summed E-state index contributed by atoms with van der Waals surface area (Å²) in [6.45, 7) is 10.3. The number of methoxy groups -OCH3 is 1. The molecule has 1 aliphatic heterocycles. The number of hydrogen-bond donors (Lipinski definition) is 0. The second-order valence-electron chi connectivity index (χ2n) is 10.5. The van der Waals surface area contributed by atoms with E-state index >= 15 is 0 Å². The van der Waals surface area contributed by atoms with Crippen molar-refractivity contribution in [3.8, 4) is 5.75 Å². The van der Waals surface area contributed by atoms with Gasteiger partial charge in [0.2, 0.25) is 0 Å². The molecular formula is C31H37N3O5. The SMILES string of the molecule is COC(=O)c1ccnc2ccc(/C=C/c3ccc(OCCCN4CCN(C(=O)OC(C)(C)C)CC4)cc3)cc12. The fourth-order valence-corrected chi connectivity index (χ4v) is 4.38. The van der Waals surface area contributed by atoms with Gasteiger partial charge in [-0.25, -0.2) is 9.59 Å². The number of fused-ring (bicyclic) bond motifs is 1. The quantitative estimate of drug-likeness (QED) is 0.215. The second kappa shape index (κ2) is 12.8. The molecule has 0 N–H and O–H groups in total. The Morgan fingerprint density at radius 2 is 1.64 bits per heavy atom. The molecule has 8 nitrogen and oxygen atoms in total. The zero-order valence-corrected chi connectivity index (χ0v) is 23.2. The van der Waals surface area contributed by atoms with Gasteiger partial charge >= 0.3 is 12.1 Å². The van der Waals surface area contributed by atoms with Crippen molar-refractivity contribution in [3.05, 3.63) is 71.4 Å². The van der Waals surface area contributed by atoms with E-state index in [1.807, 2.05) is 75.4 Å². The van der Waals surface area contributed by atoms with Crippen molar-refractivity contribution in [2.24, 2.45) is 0 Å². The van der Waals surface area contributed by atoms with E-state index in [4.69, 9.17) is 14.2 Å². The molecule has 2 aromatic carbocycles. The molecule has 1 fully saturated rings. The molecule has 0 aliphatic carbocycles. The van der Waals surface area contributed by atoms with E-state index in [-0.39, 0.29) is 12.1 Å². The summed E-state index contributed by atoms with van der Waals surface area (Å²) in [6, 6.07) is 15.5. The molecule has 1 amide bonds. The van der Waals surface area contributed by atoms with Crippen LogP contribution in [0.15, 0.2) is 54.7 Å². The average Bonchev–Trinajstić information content (AvgIpc) is 2.93. The predicted molar refractivity (Wildman–Crippen MR) is 153 cm³/mol. The van der Waals surface area contributed by atoms with Crippen LogP contribution in [0.4, 0.5) is 4.79 Å². The van der Waals surface area contributed by atoms with E-state index in [1.165, 1.54) is 7.11 Å². The summed E-state index contributed by atoms with van der Waals surface area (Å²) in [5.41, 5.74) is 2.80. The van der Waals surface area contributed by atoms with E-state index in [9.17, 15) is 9.59 Å². The first kappa shape index (κ1) is 28.1. The minimum absolute atomic E-state index is 0.231. The zero-order chi connectivity index (χ0) is 27.8. The van der Waals surface area contributed by atoms with Crippen molar-refractivity contribution < 1.29 is 23.8 Å². The van der Waals surface area contributed by atoms with Crippen molar-refractivity contribution in [3.63, 3.8) is 0 Å². The van der Waals surface area contributed by atoms with Gasteiger partial charge in [-0.2, -0.15) is 0 Å². The number of hydrogen-bond acceptors (Lipinski definition) is 7. The van der Waals surface area contributed by atoms with Crippen LogP contribution in [0.2, 0.25) is 0 Å². The molecular weight excluding hydrogens is 494 g/mol. The standard InChI is InChI=1S/C31H37N3O5/c1-31(2,3)39-30(36)34-19-17-33(18-20-34)16-5-21-38-25-11-8-23(9-12-25)6-7-24-10-13-28-27(22-24)26(14-15-32-28)29(35)37-4/h6-15,22H,5,16-21H2,1-4H3/b7-6+. The Balaban J connectivity index is 1.22. The molecule has 0 atom stereocenters. The van der Waals surface area contributed by atoms with Crippen LogP contribution < -0.4 is 4.74 Å². The number of amides is 1. The van der Waals surface area contributed by atoms with Gasteiger partial charge < -0.3 is 19.1 Å². The lowest BCUT2D eigenvalue weighted by molar-refractivity contribution is 0.0142. The maximum atomic E-state index is 12.2. The molecule has 0 spiro atoms. The van der Waals surface area contributed by atoms with E-state index in [0.717, 1.165) is 53.8 Å². The Kier molecular flexibility index (Phi) is 9.19. The normalized spacial score (nSPS) is 14.5. The molecule has 0 radical (unpaired) electrons. The number of pyridine rings is 1. The molecule has 4 rings (SSSR count). The Labute approximate surface area is 230 Å². The lowest BCUT2D eigenvalue weighted by Gasteiger charge is -2.35. The van der Waals surface area contributed by atoms with Gasteiger partial charge in [-0.15, -0.1) is 0 Å². The minimum atomic E-state index is -0.466. The highest BCUT2D eigenvalue weighted by Crippen LogP contribution is 2.21. The predicted octanol–water partition coefficient (Wildman–Crippen LogP) is 5.51. The Morgan fingerprint density at radius 1 is 0.949 bits per heavy atom. The van der Waals surface area contributed by atoms with Gasteiger partial charge in [-0.1, -0.05) is 30.4 Å². The van der Waals surface area contributed by atoms with Gasteiger partial charge in [0.05, 0.1) is 24.8 Å². The second-order valence-corrected chi connectivity index (χ2v) is 10.5. The first-order valence-electron chi connectivity index (χ1n) is 13.3. The minimum Gasteiger partial charge on any atom is -0.494 e. The number of carbonyl (C=O) groups is 2. The van der Waals surface area contributed by atoms with Crippen LogP contribution in [0.5, 0.6) is 5.75 Å². The molecule has 2 heterocycles. The monoisotopic (exact) mass is 531 g/mol. The first-order chi connectivity index (χ1) is 18.7. The molecule has 206 valence electrons. The highest BCUT2D eigenvalue weighted by molar-refractivity contribution is 6.03. The Morgan fingerprint density at radius 3 is 2.33 bits per heavy atom. The lowest BCUT2D eigenvalue weighted by atomic mass is 10.0. The summed E-state index contributed by atoms with van der Waals surface area (Å²) in [7, 11) is 1.38. The molecule has 39 heavy (non-hydrogen) atoms. The van der Waals surface area contributed by atoms with Crippen molar-refractivity contribution in [1.82, 2.24) is 14.8 Å². The number of benzene rings is 2. The van der Waals surface area contributed by atoms with Crippen molar-refractivity contribution in [1.29, 1.82) is 0 Å². The first-order valence-corrected chi connectivity index (χ1v) is 13.3. The highest BCUT2D eigenvalue weighted by Gasteiger charge is 2.25. The Bertz CT molecular complexity index is 1310. The lowest BCUT2D eigenvalue weighted by Crippen LogP contribution is -2.50. The summed E-state index contributed by atoms with van der Waals surface area (Å²) in [5.74, 6) is 0.460. The third kappa shape index (κ3) is 8.04. The summed E-state index contributed by atoms with van der Waals surface area (Å²) >= 11 is 0. The van der Waals surface area contributed by atoms with Crippen LogP contribution in [0.25, 0.3) is 23.1 Å². The maximum Gasteiger partial charge on any atom is 0.410 e. The number of esters is 1. The number of aromatic nitrogens is 1. The molecule has 1 saturated heterocycles. The number of ether oxygens (including phenoxy) is 3. The van der Waals surface area contributed by atoms with Gasteiger partial charge in [0.15, 0.2) is 0 Å². The van der Waals surface area contributed by atoms with Crippen LogP contribution >= 0.6 is 0 Å². The van der Waals surface area contributed by atoms with Crippen LogP contribution in [-0.4, -0.2) is 78.9 Å². The van der Waals surface area contributed by atoms with E-state index in [1.54, 1.807) is 17.2 Å². The van der Waals surface area contributed by atoms with Gasteiger partial charge in [-0.05, 0) is 68.7 Å². The van der Waals surface area contributed by atoms with Crippen LogP contribution in [0.1, 0.15) is 48.7 Å². The molecule has 1 aliphatic rings. The van der Waals surface area contributed by atoms with E-state index in [2.05, 4.69) is 9.88 Å². The summed E-state index contributed by atoms with van der Waals surface area (Å²) in [6.07, 6.45) is 6.33. The molecule has 3 aromatic rings. The fraction of sp³-hybridized carbons (Fsp3) is 0.387. The molecule has 0 bridgehead atoms. The third-order valence-electron chi connectivity index (χ3n) is 6.43. The van der Waals surface area contributed by atoms with Crippen molar-refractivity contribution >= 4 is 35.1 Å². The summed E-state index contributed by atoms with van der Waals surface area (Å²) < 4.78 is 16.3. The van der Waals surface area contributed by atoms with Crippen molar-refractivity contribution in [2.45, 2.75) is 32.8 Å². The fourth-order valence-electron chi connectivity index (χ4n) is 4.38. The van der Waals surface area contributed by atoms with Gasteiger partial charge in [-0.3, -0.25) is 9.88 Å². The summed E-state index contributed by atoms with van der Waals surface area (Å²) in [5, 5.41) is 0.764. The molecule has 0 unspecified atom stereocenters. The van der Waals surface area contributed by atoms with E-state index < -0.39 is 5.60 Å².